The van der Waals surface area contributed by atoms with Crippen LogP contribution in [0.2, 0.25) is 0 Å². The van der Waals surface area contributed by atoms with E-state index >= 15 is 0 Å². The molecule has 0 fully saturated rings. The van der Waals surface area contributed by atoms with Crippen LogP contribution in [0.1, 0.15) is 33.2 Å². The number of carbonyl (C=O) groups is 1. The molecule has 0 aliphatic heterocycles. The zero-order valence-corrected chi connectivity index (χ0v) is 19.1. The van der Waals surface area contributed by atoms with E-state index in [4.69, 9.17) is 4.74 Å². The van der Waals surface area contributed by atoms with Gasteiger partial charge in [-0.25, -0.2) is 4.79 Å². The fourth-order valence-corrected chi connectivity index (χ4v) is 5.42. The van der Waals surface area contributed by atoms with Crippen molar-refractivity contribution in [3.8, 4) is 0 Å². The summed E-state index contributed by atoms with van der Waals surface area (Å²) in [4.78, 5) is 13.8. The Balaban J connectivity index is 1.69. The van der Waals surface area contributed by atoms with Crippen LogP contribution in [0.3, 0.4) is 0 Å². The highest BCUT2D eigenvalue weighted by atomic mass is 32.2. The van der Waals surface area contributed by atoms with Crippen molar-refractivity contribution >= 4 is 16.8 Å². The van der Waals surface area contributed by atoms with Crippen LogP contribution in [0.4, 0.5) is 0 Å². The quantitative estimate of drug-likeness (QED) is 0.275. The molecule has 4 heteroatoms. The Morgan fingerprint density at radius 1 is 0.697 bits per heavy atom. The number of ether oxygens (including phenoxy) is 1. The molecule has 0 aromatic heterocycles. The fraction of sp³-hybridized carbons (Fsp3) is 0.138. The third kappa shape index (κ3) is 6.05. The van der Waals surface area contributed by atoms with E-state index in [-0.39, 0.29) is 0 Å². The van der Waals surface area contributed by atoms with Gasteiger partial charge in [0.25, 0.3) is 0 Å². The second-order valence-electron chi connectivity index (χ2n) is 7.78. The Morgan fingerprint density at radius 3 is 1.82 bits per heavy atom. The predicted molar refractivity (Wildman–Crippen MR) is 132 cm³/mol. The van der Waals surface area contributed by atoms with E-state index in [2.05, 4.69) is 12.1 Å². The van der Waals surface area contributed by atoms with Crippen molar-refractivity contribution in [2.24, 2.45) is 0 Å². The van der Waals surface area contributed by atoms with Crippen LogP contribution in [0.15, 0.2) is 126 Å². The van der Waals surface area contributed by atoms with Crippen molar-refractivity contribution < 1.29 is 13.7 Å². The van der Waals surface area contributed by atoms with Crippen LogP contribution in [-0.4, -0.2) is 16.3 Å². The second-order valence-corrected chi connectivity index (χ2v) is 9.35. The minimum absolute atomic E-state index is 0.403. The van der Waals surface area contributed by atoms with Gasteiger partial charge in [-0.2, -0.15) is 0 Å². The first-order valence-electron chi connectivity index (χ1n) is 11.0. The summed E-state index contributed by atoms with van der Waals surface area (Å²) >= 11 is 0. The van der Waals surface area contributed by atoms with E-state index in [9.17, 15) is 9.00 Å². The third-order valence-corrected chi connectivity index (χ3v) is 7.27. The number of benzene rings is 4. The predicted octanol–water partition coefficient (Wildman–Crippen LogP) is 6.39. The first kappa shape index (κ1) is 22.7. The Bertz CT molecular complexity index is 1160. The lowest BCUT2D eigenvalue weighted by Gasteiger charge is -2.27. The molecule has 33 heavy (non-hydrogen) atoms. The van der Waals surface area contributed by atoms with Gasteiger partial charge in [-0.05, 0) is 48.2 Å². The van der Waals surface area contributed by atoms with Crippen LogP contribution in [0.5, 0.6) is 0 Å². The van der Waals surface area contributed by atoms with Crippen molar-refractivity contribution in [3.05, 3.63) is 138 Å². The Morgan fingerprint density at radius 2 is 1.21 bits per heavy atom. The molecule has 0 heterocycles. The topological polar surface area (TPSA) is 43.4 Å². The van der Waals surface area contributed by atoms with E-state index in [1.54, 1.807) is 12.1 Å². The number of hydrogen-bond donors (Lipinski definition) is 0. The lowest BCUT2D eigenvalue weighted by Crippen LogP contribution is -2.29. The molecule has 4 rings (SSSR count). The summed E-state index contributed by atoms with van der Waals surface area (Å²) in [5.74, 6) is -0.403. The van der Waals surface area contributed by atoms with Gasteiger partial charge in [-0.15, -0.1) is 0 Å². The molecule has 0 amide bonds. The van der Waals surface area contributed by atoms with Crippen molar-refractivity contribution in [1.29, 1.82) is 0 Å². The average Bonchev–Trinajstić information content (AvgIpc) is 2.89. The number of esters is 1. The molecule has 0 radical (unpaired) electrons. The molecule has 3 unspecified atom stereocenters. The molecule has 0 aliphatic rings. The number of rotatable bonds is 9. The summed E-state index contributed by atoms with van der Waals surface area (Å²) in [6.07, 6.45) is 0.699. The zero-order valence-electron chi connectivity index (χ0n) is 18.2. The van der Waals surface area contributed by atoms with Gasteiger partial charge in [0.15, 0.2) is 0 Å². The standard InChI is InChI=1S/C29H26O3S/c30-29(25-17-9-3-10-18-25)32-27(22-21-23-13-5-1-6-14-23)28(24-15-7-2-8-16-24)33(31)26-19-11-4-12-20-26/h1-20,27-28H,21-22H2. The van der Waals surface area contributed by atoms with Gasteiger partial charge in [0.1, 0.15) is 11.4 Å². The van der Waals surface area contributed by atoms with Gasteiger partial charge in [0, 0.05) is 4.90 Å². The van der Waals surface area contributed by atoms with E-state index in [1.165, 1.54) is 0 Å². The van der Waals surface area contributed by atoms with E-state index in [0.717, 1.165) is 11.1 Å². The Kier molecular flexibility index (Phi) is 7.83. The van der Waals surface area contributed by atoms with Crippen molar-refractivity contribution in [1.82, 2.24) is 0 Å². The van der Waals surface area contributed by atoms with Crippen molar-refractivity contribution in [2.75, 3.05) is 0 Å². The first-order valence-corrected chi connectivity index (χ1v) is 12.2. The van der Waals surface area contributed by atoms with Crippen molar-refractivity contribution in [2.45, 2.75) is 29.1 Å². The molecule has 4 aromatic rings. The highest BCUT2D eigenvalue weighted by Crippen LogP contribution is 2.33. The van der Waals surface area contributed by atoms with Crippen molar-refractivity contribution in [3.63, 3.8) is 0 Å². The first-order chi connectivity index (χ1) is 16.2. The SMILES string of the molecule is O=C(OC(CCc1ccccc1)C(c1ccccc1)S(=O)c1ccccc1)c1ccccc1. The molecule has 0 bridgehead atoms. The number of aryl methyl sites for hydroxylation is 1. The maximum Gasteiger partial charge on any atom is 0.338 e. The summed E-state index contributed by atoms with van der Waals surface area (Å²) < 4.78 is 19.9. The van der Waals surface area contributed by atoms with E-state index in [0.29, 0.717) is 23.3 Å². The monoisotopic (exact) mass is 454 g/mol. The van der Waals surface area contributed by atoms with E-state index in [1.807, 2.05) is 97.1 Å². The Hall–Kier alpha value is -3.50. The number of carbonyl (C=O) groups excluding carboxylic acids is 1. The molecular weight excluding hydrogens is 428 g/mol. The minimum atomic E-state index is -1.41. The fourth-order valence-electron chi connectivity index (χ4n) is 3.83. The normalized spacial score (nSPS) is 13.6. The highest BCUT2D eigenvalue weighted by Gasteiger charge is 2.33. The summed E-state index contributed by atoms with van der Waals surface area (Å²) in [5.41, 5.74) is 2.52. The molecule has 3 nitrogen and oxygen atoms in total. The molecule has 0 spiro atoms. The van der Waals surface area contributed by atoms with Crippen LogP contribution >= 0.6 is 0 Å². The highest BCUT2D eigenvalue weighted by molar-refractivity contribution is 7.85. The zero-order chi connectivity index (χ0) is 22.9. The maximum atomic E-state index is 13.8. The van der Waals surface area contributed by atoms with E-state index < -0.39 is 28.1 Å². The molecule has 0 N–H and O–H groups in total. The summed E-state index contributed by atoms with van der Waals surface area (Å²) in [6.45, 7) is 0. The van der Waals surface area contributed by atoms with Crippen LogP contribution < -0.4 is 0 Å². The molecular formula is C29H26O3S. The lowest BCUT2D eigenvalue weighted by molar-refractivity contribution is 0.0273. The largest absolute Gasteiger partial charge is 0.457 e. The number of hydrogen-bond acceptors (Lipinski definition) is 3. The van der Waals surface area contributed by atoms with Crippen LogP contribution in [0, 0.1) is 0 Å². The molecule has 166 valence electrons. The lowest BCUT2D eigenvalue weighted by atomic mass is 10.0. The van der Waals surface area contributed by atoms with Gasteiger partial charge in [-0.3, -0.25) is 4.21 Å². The van der Waals surface area contributed by atoms with Gasteiger partial charge in [-0.1, -0.05) is 97.1 Å². The summed E-state index contributed by atoms with van der Waals surface area (Å²) in [7, 11) is -1.41. The molecule has 3 atom stereocenters. The molecule has 0 saturated heterocycles. The van der Waals surface area contributed by atoms with Gasteiger partial charge < -0.3 is 4.74 Å². The maximum absolute atomic E-state index is 13.8. The Labute approximate surface area is 197 Å². The van der Waals surface area contributed by atoms with Crippen LogP contribution in [0.25, 0.3) is 0 Å². The third-order valence-electron chi connectivity index (χ3n) is 5.50. The summed E-state index contributed by atoms with van der Waals surface area (Å²) in [5, 5.41) is -0.495. The molecule has 0 saturated carbocycles. The second kappa shape index (κ2) is 11.4. The molecule has 0 aliphatic carbocycles. The average molecular weight is 455 g/mol. The van der Waals surface area contributed by atoms with Gasteiger partial charge in [0.2, 0.25) is 0 Å². The van der Waals surface area contributed by atoms with Crippen LogP contribution in [-0.2, 0) is 22.0 Å². The minimum Gasteiger partial charge on any atom is -0.457 e. The van der Waals surface area contributed by atoms with Gasteiger partial charge >= 0.3 is 5.97 Å². The van der Waals surface area contributed by atoms with Gasteiger partial charge in [0.05, 0.1) is 16.4 Å². The molecule has 4 aromatic carbocycles. The summed E-state index contributed by atoms with van der Waals surface area (Å²) in [6, 6.07) is 38.1. The smallest absolute Gasteiger partial charge is 0.338 e.